The van der Waals surface area contributed by atoms with Gasteiger partial charge in [0.15, 0.2) is 0 Å². The maximum Gasteiger partial charge on any atom is 0.0618 e. The van der Waals surface area contributed by atoms with Gasteiger partial charge in [-0.3, -0.25) is 0 Å². The van der Waals surface area contributed by atoms with Gasteiger partial charge in [0, 0.05) is 13.7 Å². The number of aliphatic hydroxyl groups is 1. The lowest BCUT2D eigenvalue weighted by Crippen LogP contribution is -2.21. The van der Waals surface area contributed by atoms with Crippen molar-refractivity contribution in [3.05, 3.63) is 35.9 Å². The van der Waals surface area contributed by atoms with Crippen LogP contribution in [0.15, 0.2) is 30.3 Å². The maximum absolute atomic E-state index is 9.32. The largest absolute Gasteiger partial charge is 0.396 e. The smallest absolute Gasteiger partial charge is 0.0618 e. The van der Waals surface area contributed by atoms with Crippen molar-refractivity contribution in [2.24, 2.45) is 0 Å². The lowest BCUT2D eigenvalue weighted by Gasteiger charge is -2.21. The first-order chi connectivity index (χ1) is 6.25. The molecule has 0 radical (unpaired) electrons. The van der Waals surface area contributed by atoms with Gasteiger partial charge in [0.25, 0.3) is 0 Å². The predicted octanol–water partition coefficient (Wildman–Crippen LogP) is 1.43. The molecule has 0 spiro atoms. The number of benzene rings is 1. The minimum atomic E-state index is -0.119. The highest BCUT2D eigenvalue weighted by Crippen LogP contribution is 2.20. The molecule has 0 aromatic heterocycles. The minimum absolute atomic E-state index is 0.0739. The molecule has 0 aliphatic rings. The second-order valence-electron chi connectivity index (χ2n) is 3.01. The summed E-state index contributed by atoms with van der Waals surface area (Å²) in [5, 5.41) is 19.3. The Labute approximate surface area is 78.2 Å². The molecule has 1 aromatic rings. The lowest BCUT2D eigenvalue weighted by atomic mass is 10.0. The number of nitrogens with zero attached hydrogens (tertiary/aromatic N) is 1. The quantitative estimate of drug-likeness (QED) is 0.691. The second-order valence-corrected chi connectivity index (χ2v) is 3.01. The zero-order valence-electron chi connectivity index (χ0n) is 7.72. The lowest BCUT2D eigenvalue weighted by molar-refractivity contribution is -0.109. The highest BCUT2D eigenvalue weighted by Gasteiger charge is 2.13. The monoisotopic (exact) mass is 181 g/mol. The van der Waals surface area contributed by atoms with E-state index in [4.69, 9.17) is 5.11 Å². The van der Waals surface area contributed by atoms with E-state index in [1.807, 2.05) is 30.3 Å². The Balaban J connectivity index is 2.76. The van der Waals surface area contributed by atoms with Crippen molar-refractivity contribution in [3.63, 3.8) is 0 Å². The molecule has 1 atom stereocenters. The molecule has 0 fully saturated rings. The van der Waals surface area contributed by atoms with E-state index < -0.39 is 0 Å². The van der Waals surface area contributed by atoms with Crippen molar-refractivity contribution in [1.82, 2.24) is 5.06 Å². The van der Waals surface area contributed by atoms with Crippen molar-refractivity contribution >= 4 is 0 Å². The Bertz CT molecular complexity index is 236. The summed E-state index contributed by atoms with van der Waals surface area (Å²) in [7, 11) is 1.59. The summed E-state index contributed by atoms with van der Waals surface area (Å²) in [4.78, 5) is 0. The summed E-state index contributed by atoms with van der Waals surface area (Å²) in [6.07, 6.45) is 0.539. The van der Waals surface area contributed by atoms with Gasteiger partial charge in [-0.15, -0.1) is 0 Å². The van der Waals surface area contributed by atoms with Crippen LogP contribution in [0.1, 0.15) is 18.0 Å². The van der Waals surface area contributed by atoms with Crippen LogP contribution in [-0.2, 0) is 0 Å². The third-order valence-electron chi connectivity index (χ3n) is 2.04. The van der Waals surface area contributed by atoms with Crippen molar-refractivity contribution in [1.29, 1.82) is 0 Å². The van der Waals surface area contributed by atoms with E-state index in [2.05, 4.69) is 0 Å². The molecule has 0 aliphatic heterocycles. The van der Waals surface area contributed by atoms with Gasteiger partial charge in [-0.2, -0.15) is 5.06 Å². The molecule has 1 aromatic carbocycles. The molecule has 0 aliphatic carbocycles. The molecule has 2 N–H and O–H groups in total. The molecule has 72 valence electrons. The van der Waals surface area contributed by atoms with Crippen LogP contribution in [0.25, 0.3) is 0 Å². The predicted molar refractivity (Wildman–Crippen MR) is 50.4 cm³/mol. The van der Waals surface area contributed by atoms with E-state index >= 15 is 0 Å². The van der Waals surface area contributed by atoms with E-state index in [1.54, 1.807) is 7.05 Å². The molecule has 0 amide bonds. The van der Waals surface area contributed by atoms with Crippen molar-refractivity contribution in [2.45, 2.75) is 12.5 Å². The summed E-state index contributed by atoms with van der Waals surface area (Å²) in [6, 6.07) is 9.52. The van der Waals surface area contributed by atoms with Crippen molar-refractivity contribution in [2.75, 3.05) is 13.7 Å². The van der Waals surface area contributed by atoms with Crippen LogP contribution < -0.4 is 0 Å². The Kier molecular flexibility index (Phi) is 3.89. The second kappa shape index (κ2) is 4.97. The zero-order chi connectivity index (χ0) is 9.68. The van der Waals surface area contributed by atoms with Gasteiger partial charge in [-0.1, -0.05) is 30.3 Å². The Morgan fingerprint density at radius 2 is 1.92 bits per heavy atom. The minimum Gasteiger partial charge on any atom is -0.396 e. The van der Waals surface area contributed by atoms with E-state index in [1.165, 1.54) is 0 Å². The number of hydrogen-bond acceptors (Lipinski definition) is 3. The van der Waals surface area contributed by atoms with E-state index in [-0.39, 0.29) is 12.6 Å². The van der Waals surface area contributed by atoms with Gasteiger partial charge in [0.1, 0.15) is 0 Å². The van der Waals surface area contributed by atoms with Crippen LogP contribution in [0.4, 0.5) is 0 Å². The molecule has 3 nitrogen and oxygen atoms in total. The molecule has 0 heterocycles. The van der Waals surface area contributed by atoms with Crippen LogP contribution in [-0.4, -0.2) is 29.0 Å². The van der Waals surface area contributed by atoms with Crippen LogP contribution in [0.3, 0.4) is 0 Å². The third kappa shape index (κ3) is 2.81. The molecule has 0 saturated carbocycles. The first-order valence-electron chi connectivity index (χ1n) is 4.33. The van der Waals surface area contributed by atoms with E-state index in [9.17, 15) is 5.21 Å². The molecule has 0 saturated heterocycles. The highest BCUT2D eigenvalue weighted by molar-refractivity contribution is 5.18. The Hall–Kier alpha value is -0.900. The zero-order valence-corrected chi connectivity index (χ0v) is 7.72. The van der Waals surface area contributed by atoms with E-state index in [0.717, 1.165) is 10.6 Å². The number of aliphatic hydroxyl groups excluding tert-OH is 1. The number of rotatable bonds is 4. The van der Waals surface area contributed by atoms with Gasteiger partial charge in [0.2, 0.25) is 0 Å². The molecular formula is C10H15NO2. The van der Waals surface area contributed by atoms with Crippen LogP contribution in [0.2, 0.25) is 0 Å². The summed E-state index contributed by atoms with van der Waals surface area (Å²) < 4.78 is 0. The summed E-state index contributed by atoms with van der Waals surface area (Å²) in [6.45, 7) is 0.0739. The molecule has 0 bridgehead atoms. The van der Waals surface area contributed by atoms with Crippen molar-refractivity contribution in [3.8, 4) is 0 Å². The molecule has 1 unspecified atom stereocenters. The third-order valence-corrected chi connectivity index (χ3v) is 2.04. The normalized spacial score (nSPS) is 13.2. The first kappa shape index (κ1) is 10.2. The molecule has 3 heteroatoms. The summed E-state index contributed by atoms with van der Waals surface area (Å²) in [5.74, 6) is 0. The number of hydrogen-bond donors (Lipinski definition) is 2. The van der Waals surface area contributed by atoms with Gasteiger partial charge in [-0.05, 0) is 12.0 Å². The van der Waals surface area contributed by atoms with Crippen LogP contribution in [0.5, 0.6) is 0 Å². The Morgan fingerprint density at radius 1 is 1.31 bits per heavy atom. The fraction of sp³-hybridized carbons (Fsp3) is 0.400. The standard InChI is InChI=1S/C10H15NO2/c1-11(13)10(7-8-12)9-5-3-2-4-6-9/h2-6,10,12-13H,7-8H2,1H3. The molecule has 1 rings (SSSR count). The number of hydroxylamine groups is 2. The topological polar surface area (TPSA) is 43.7 Å². The van der Waals surface area contributed by atoms with Crippen LogP contribution >= 0.6 is 0 Å². The van der Waals surface area contributed by atoms with Crippen LogP contribution in [0, 0.1) is 0 Å². The summed E-state index contributed by atoms with van der Waals surface area (Å²) in [5.41, 5.74) is 1.02. The molecular weight excluding hydrogens is 166 g/mol. The van der Waals surface area contributed by atoms with Gasteiger partial charge >= 0.3 is 0 Å². The fourth-order valence-corrected chi connectivity index (χ4v) is 1.37. The summed E-state index contributed by atoms with van der Waals surface area (Å²) >= 11 is 0. The maximum atomic E-state index is 9.32. The average Bonchev–Trinajstić information content (AvgIpc) is 2.15. The molecule has 13 heavy (non-hydrogen) atoms. The fourth-order valence-electron chi connectivity index (χ4n) is 1.37. The van der Waals surface area contributed by atoms with Gasteiger partial charge < -0.3 is 10.3 Å². The van der Waals surface area contributed by atoms with Gasteiger partial charge in [0.05, 0.1) is 6.04 Å². The highest BCUT2D eigenvalue weighted by atomic mass is 16.5. The van der Waals surface area contributed by atoms with Crippen molar-refractivity contribution < 1.29 is 10.3 Å². The SMILES string of the molecule is CN(O)C(CCO)c1ccccc1. The van der Waals surface area contributed by atoms with E-state index in [0.29, 0.717) is 6.42 Å². The first-order valence-corrected chi connectivity index (χ1v) is 4.33. The average molecular weight is 181 g/mol. The Morgan fingerprint density at radius 3 is 2.38 bits per heavy atom. The van der Waals surface area contributed by atoms with Gasteiger partial charge in [-0.25, -0.2) is 0 Å².